The molecule has 1 amide bonds. The Kier molecular flexibility index (Phi) is 4.79. The number of nitrogens with zero attached hydrogens (tertiary/aromatic N) is 2. The fraction of sp³-hybridized carbons (Fsp3) is 0.700. The van der Waals surface area contributed by atoms with E-state index in [0.717, 1.165) is 0 Å². The van der Waals surface area contributed by atoms with Crippen molar-refractivity contribution in [3.8, 4) is 6.07 Å². The second-order valence-corrected chi connectivity index (χ2v) is 3.67. The van der Waals surface area contributed by atoms with Gasteiger partial charge >= 0.3 is 5.97 Å². The number of hydrogen-bond donors (Lipinski definition) is 1. The molecule has 0 aromatic rings. The number of carboxylic acids is 1. The minimum atomic E-state index is -1.26. The van der Waals surface area contributed by atoms with Gasteiger partial charge in [0.05, 0.1) is 12.5 Å². The van der Waals surface area contributed by atoms with Crippen LogP contribution in [0.25, 0.3) is 0 Å². The van der Waals surface area contributed by atoms with Gasteiger partial charge in [0.25, 0.3) is 0 Å². The number of amides is 1. The van der Waals surface area contributed by atoms with Crippen molar-refractivity contribution < 1.29 is 14.7 Å². The van der Waals surface area contributed by atoms with Gasteiger partial charge in [-0.2, -0.15) is 5.26 Å². The van der Waals surface area contributed by atoms with Gasteiger partial charge in [0.1, 0.15) is 5.54 Å². The zero-order valence-electron chi connectivity index (χ0n) is 9.28. The third kappa shape index (κ3) is 3.24. The lowest BCUT2D eigenvalue weighted by molar-refractivity contribution is -0.156. The lowest BCUT2D eigenvalue weighted by atomic mass is 10.0. The molecule has 1 N–H and O–H groups in total. The first-order chi connectivity index (χ1) is 6.87. The molecule has 0 bridgehead atoms. The van der Waals surface area contributed by atoms with Crippen LogP contribution in [0.3, 0.4) is 0 Å². The molecular weight excluding hydrogens is 196 g/mol. The van der Waals surface area contributed by atoms with Gasteiger partial charge in [0, 0.05) is 13.0 Å². The summed E-state index contributed by atoms with van der Waals surface area (Å²) in [4.78, 5) is 23.7. The third-order valence-corrected chi connectivity index (χ3v) is 2.25. The smallest absolute Gasteiger partial charge is 0.329 e. The molecule has 0 rings (SSSR count). The van der Waals surface area contributed by atoms with Gasteiger partial charge < -0.3 is 10.0 Å². The Morgan fingerprint density at radius 1 is 1.47 bits per heavy atom. The van der Waals surface area contributed by atoms with Crippen LogP contribution in [0.5, 0.6) is 0 Å². The summed E-state index contributed by atoms with van der Waals surface area (Å²) in [6, 6.07) is 1.90. The highest BCUT2D eigenvalue weighted by molar-refractivity contribution is 5.86. The number of carbonyl (C=O) groups is 2. The monoisotopic (exact) mass is 212 g/mol. The Balaban J connectivity index is 4.85. The van der Waals surface area contributed by atoms with E-state index in [1.54, 1.807) is 6.92 Å². The van der Waals surface area contributed by atoms with Crippen LogP contribution in [-0.4, -0.2) is 34.0 Å². The Morgan fingerprint density at radius 3 is 2.33 bits per heavy atom. The van der Waals surface area contributed by atoms with E-state index in [9.17, 15) is 9.59 Å². The molecule has 0 saturated carbocycles. The van der Waals surface area contributed by atoms with Crippen LogP contribution < -0.4 is 0 Å². The van der Waals surface area contributed by atoms with Gasteiger partial charge in [0.2, 0.25) is 5.91 Å². The van der Waals surface area contributed by atoms with Crippen molar-refractivity contribution >= 4 is 11.9 Å². The quantitative estimate of drug-likeness (QED) is 0.737. The van der Waals surface area contributed by atoms with Crippen LogP contribution in [0.1, 0.15) is 33.6 Å². The summed E-state index contributed by atoms with van der Waals surface area (Å²) in [5.41, 5.74) is -1.26. The molecule has 84 valence electrons. The van der Waals surface area contributed by atoms with E-state index in [1.807, 2.05) is 6.07 Å². The van der Waals surface area contributed by atoms with Crippen molar-refractivity contribution in [2.24, 2.45) is 0 Å². The molecule has 0 saturated heterocycles. The van der Waals surface area contributed by atoms with E-state index in [2.05, 4.69) is 0 Å². The third-order valence-electron chi connectivity index (χ3n) is 2.25. The SMILES string of the molecule is CCC(=O)N(CCC#N)C(C)(C)C(=O)O. The normalized spacial score (nSPS) is 10.5. The van der Waals surface area contributed by atoms with Crippen molar-refractivity contribution in [3.05, 3.63) is 0 Å². The number of aliphatic carboxylic acids is 1. The molecule has 0 spiro atoms. The van der Waals surface area contributed by atoms with E-state index in [-0.39, 0.29) is 25.3 Å². The fourth-order valence-corrected chi connectivity index (χ4v) is 1.18. The predicted molar refractivity (Wildman–Crippen MR) is 53.9 cm³/mol. The zero-order chi connectivity index (χ0) is 12.1. The standard InChI is InChI=1S/C10H16N2O3/c1-4-8(13)12(7-5-6-11)10(2,3)9(14)15/h4-5,7H2,1-3H3,(H,14,15). The van der Waals surface area contributed by atoms with Crippen molar-refractivity contribution in [2.75, 3.05) is 6.54 Å². The number of carbonyl (C=O) groups excluding carboxylic acids is 1. The summed E-state index contributed by atoms with van der Waals surface area (Å²) in [6.07, 6.45) is 0.380. The molecule has 0 heterocycles. The van der Waals surface area contributed by atoms with Crippen molar-refractivity contribution in [1.29, 1.82) is 5.26 Å². The van der Waals surface area contributed by atoms with E-state index in [4.69, 9.17) is 10.4 Å². The Morgan fingerprint density at radius 2 is 2.00 bits per heavy atom. The largest absolute Gasteiger partial charge is 0.480 e. The van der Waals surface area contributed by atoms with Crippen LogP contribution in [-0.2, 0) is 9.59 Å². The zero-order valence-corrected chi connectivity index (χ0v) is 9.28. The highest BCUT2D eigenvalue weighted by atomic mass is 16.4. The highest BCUT2D eigenvalue weighted by Gasteiger charge is 2.36. The summed E-state index contributed by atoms with van der Waals surface area (Å²) < 4.78 is 0. The van der Waals surface area contributed by atoms with Gasteiger partial charge in [-0.15, -0.1) is 0 Å². The Bertz CT molecular complexity index is 292. The maximum absolute atomic E-state index is 11.5. The summed E-state index contributed by atoms with van der Waals surface area (Å²) in [5.74, 6) is -1.32. The van der Waals surface area contributed by atoms with E-state index in [0.29, 0.717) is 0 Å². The van der Waals surface area contributed by atoms with Gasteiger partial charge in [-0.05, 0) is 13.8 Å². The molecule has 0 fully saturated rings. The maximum atomic E-state index is 11.5. The van der Waals surface area contributed by atoms with Gasteiger partial charge in [-0.1, -0.05) is 6.92 Å². The number of rotatable bonds is 5. The van der Waals surface area contributed by atoms with Crippen LogP contribution in [0.4, 0.5) is 0 Å². The molecule has 5 heteroatoms. The summed E-state index contributed by atoms with van der Waals surface area (Å²) in [5, 5.41) is 17.4. The topological polar surface area (TPSA) is 81.4 Å². The average molecular weight is 212 g/mol. The van der Waals surface area contributed by atoms with Crippen molar-refractivity contribution in [3.63, 3.8) is 0 Å². The lowest BCUT2D eigenvalue weighted by Crippen LogP contribution is -2.53. The van der Waals surface area contributed by atoms with Crippen molar-refractivity contribution in [1.82, 2.24) is 4.90 Å². The molecular formula is C10H16N2O3. The first-order valence-corrected chi connectivity index (χ1v) is 4.78. The number of carboxylic acid groups (broad SMARTS) is 1. The molecule has 5 nitrogen and oxygen atoms in total. The first kappa shape index (κ1) is 13.4. The van der Waals surface area contributed by atoms with E-state index >= 15 is 0 Å². The molecule has 15 heavy (non-hydrogen) atoms. The maximum Gasteiger partial charge on any atom is 0.329 e. The molecule has 0 aliphatic heterocycles. The average Bonchev–Trinajstić information content (AvgIpc) is 2.17. The minimum absolute atomic E-state index is 0.141. The van der Waals surface area contributed by atoms with Crippen LogP contribution in [0, 0.1) is 11.3 Å². The minimum Gasteiger partial charge on any atom is -0.480 e. The molecule has 0 aliphatic rings. The van der Waals surface area contributed by atoms with Gasteiger partial charge in [-0.3, -0.25) is 4.79 Å². The highest BCUT2D eigenvalue weighted by Crippen LogP contribution is 2.16. The lowest BCUT2D eigenvalue weighted by Gasteiger charge is -2.34. The van der Waals surface area contributed by atoms with Crippen LogP contribution in [0.15, 0.2) is 0 Å². The van der Waals surface area contributed by atoms with Crippen LogP contribution in [0.2, 0.25) is 0 Å². The number of nitriles is 1. The van der Waals surface area contributed by atoms with Crippen LogP contribution >= 0.6 is 0 Å². The fourth-order valence-electron chi connectivity index (χ4n) is 1.18. The van der Waals surface area contributed by atoms with Crippen molar-refractivity contribution in [2.45, 2.75) is 39.2 Å². The molecule has 0 radical (unpaired) electrons. The summed E-state index contributed by atoms with van der Waals surface area (Å²) in [6.45, 7) is 4.74. The summed E-state index contributed by atoms with van der Waals surface area (Å²) in [7, 11) is 0. The number of hydrogen-bond acceptors (Lipinski definition) is 3. The van der Waals surface area contributed by atoms with E-state index < -0.39 is 11.5 Å². The van der Waals surface area contributed by atoms with Gasteiger partial charge in [0.15, 0.2) is 0 Å². The molecule has 0 unspecified atom stereocenters. The second kappa shape index (κ2) is 5.35. The Labute approximate surface area is 89.3 Å². The second-order valence-electron chi connectivity index (χ2n) is 3.67. The predicted octanol–water partition coefficient (Wildman–Crippen LogP) is 1.00. The summed E-state index contributed by atoms with van der Waals surface area (Å²) >= 11 is 0. The van der Waals surface area contributed by atoms with Gasteiger partial charge in [-0.25, -0.2) is 4.79 Å². The van der Waals surface area contributed by atoms with E-state index in [1.165, 1.54) is 18.7 Å². The molecule has 0 atom stereocenters. The molecule has 0 aliphatic carbocycles. The Hall–Kier alpha value is -1.57. The molecule has 0 aromatic heterocycles. The first-order valence-electron chi connectivity index (χ1n) is 4.78. The molecule has 0 aromatic carbocycles.